The summed E-state index contributed by atoms with van der Waals surface area (Å²) in [6.07, 6.45) is 0. The van der Waals surface area contributed by atoms with Crippen molar-refractivity contribution in [2.45, 2.75) is 70.1 Å². The summed E-state index contributed by atoms with van der Waals surface area (Å²) in [7, 11) is -4.16. The second-order valence-corrected chi connectivity index (χ2v) is 18.8. The number of carbonyl (C=O) groups is 2. The van der Waals surface area contributed by atoms with E-state index >= 15 is 0 Å². The Morgan fingerprint density at radius 2 is 1.35 bits per heavy atom. The number of hydrogen-bond acceptors (Lipinski definition) is 2. The van der Waals surface area contributed by atoms with Crippen LogP contribution in [0.15, 0.2) is 30.3 Å². The minimum Gasteiger partial charge on any atom is -0.300 e. The van der Waals surface area contributed by atoms with E-state index in [0.717, 1.165) is 18.1 Å². The topological polar surface area (TPSA) is 34.1 Å². The molecular weight excluding hydrogens is 316 g/mol. The molecule has 23 heavy (non-hydrogen) atoms. The molecule has 0 N–H and O–H groups in total. The zero-order chi connectivity index (χ0) is 17.9. The third-order valence-corrected chi connectivity index (χ3v) is 18.8. The molecule has 1 unspecified atom stereocenters. The van der Waals surface area contributed by atoms with Gasteiger partial charge in [0.05, 0.1) is 20.8 Å². The third kappa shape index (κ3) is 3.03. The van der Waals surface area contributed by atoms with Crippen molar-refractivity contribution in [3.8, 4) is 0 Å². The third-order valence-electron chi connectivity index (χ3n) is 5.86. The fourth-order valence-electron chi connectivity index (χ4n) is 4.79. The van der Waals surface area contributed by atoms with E-state index in [1.54, 1.807) is 6.92 Å². The summed E-state index contributed by atoms with van der Waals surface area (Å²) >= 11 is 0. The molecule has 1 atom stereocenters. The lowest BCUT2D eigenvalue weighted by molar-refractivity contribution is -0.117. The first-order valence-corrected chi connectivity index (χ1v) is 14.9. The van der Waals surface area contributed by atoms with Gasteiger partial charge in [0.15, 0.2) is 5.78 Å². The lowest BCUT2D eigenvalue weighted by Gasteiger charge is -2.52. The molecule has 0 amide bonds. The molecule has 0 aromatic heterocycles. The Morgan fingerprint density at radius 3 is 1.65 bits per heavy atom. The summed E-state index contributed by atoms with van der Waals surface area (Å²) in [4.78, 5) is 26.8. The monoisotopic (exact) mass is 348 g/mol. The van der Waals surface area contributed by atoms with Crippen LogP contribution >= 0.6 is 0 Å². The van der Waals surface area contributed by atoms with Crippen molar-refractivity contribution in [1.82, 2.24) is 0 Å². The largest absolute Gasteiger partial charge is 0.300 e. The minimum absolute atomic E-state index is 0.0991. The fraction of sp³-hybridized carbons (Fsp3) is 0.579. The molecule has 4 heteroatoms. The van der Waals surface area contributed by atoms with Crippen LogP contribution in [0.25, 0.3) is 0 Å². The van der Waals surface area contributed by atoms with Crippen molar-refractivity contribution >= 4 is 27.7 Å². The molecule has 1 rings (SSSR count). The van der Waals surface area contributed by atoms with Gasteiger partial charge >= 0.3 is 0 Å². The summed E-state index contributed by atoms with van der Waals surface area (Å²) in [5.41, 5.74) is 0.706. The average Bonchev–Trinajstić information content (AvgIpc) is 2.51. The van der Waals surface area contributed by atoms with Gasteiger partial charge in [-0.3, -0.25) is 9.59 Å². The standard InChI is InChI=1S/C19H32O2Si2/c1-8-23(9-2,10-3)19(16(4)20,22(5,6)7)18(21)17-14-12-11-13-15-17/h11-15H,8-10H2,1-7H3. The van der Waals surface area contributed by atoms with Gasteiger partial charge in [0, 0.05) is 5.56 Å². The lowest BCUT2D eigenvalue weighted by atomic mass is 10.1. The molecule has 0 heterocycles. The second kappa shape index (κ2) is 7.26. The Bertz CT molecular complexity index is 548. The van der Waals surface area contributed by atoms with Gasteiger partial charge in [-0.2, -0.15) is 0 Å². The fourth-order valence-corrected chi connectivity index (χ4v) is 19.1. The first-order valence-electron chi connectivity index (χ1n) is 8.75. The zero-order valence-electron chi connectivity index (χ0n) is 15.8. The van der Waals surface area contributed by atoms with Crippen LogP contribution < -0.4 is 0 Å². The summed E-state index contributed by atoms with van der Waals surface area (Å²) < 4.78 is -0.737. The van der Waals surface area contributed by atoms with Crippen LogP contribution in [0, 0.1) is 0 Å². The van der Waals surface area contributed by atoms with Crippen molar-refractivity contribution in [1.29, 1.82) is 0 Å². The molecule has 0 fully saturated rings. The molecule has 0 aliphatic heterocycles. The Balaban J connectivity index is 3.80. The van der Waals surface area contributed by atoms with Gasteiger partial charge in [0.2, 0.25) is 0 Å². The highest BCUT2D eigenvalue weighted by Gasteiger charge is 2.64. The van der Waals surface area contributed by atoms with Crippen molar-refractivity contribution < 1.29 is 9.59 Å². The van der Waals surface area contributed by atoms with Crippen LogP contribution in [0.3, 0.4) is 0 Å². The molecule has 0 saturated heterocycles. The number of benzene rings is 1. The molecule has 0 aliphatic carbocycles. The van der Waals surface area contributed by atoms with Gasteiger partial charge in [-0.05, 0) is 6.92 Å². The number of rotatable bonds is 8. The molecule has 1 aromatic carbocycles. The van der Waals surface area contributed by atoms with Gasteiger partial charge in [-0.25, -0.2) is 0 Å². The Labute approximate surface area is 143 Å². The molecule has 128 valence electrons. The summed E-state index contributed by atoms with van der Waals surface area (Å²) in [5, 5.41) is 0. The van der Waals surface area contributed by atoms with E-state index in [-0.39, 0.29) is 11.6 Å². The highest BCUT2D eigenvalue weighted by atomic mass is 28.4. The zero-order valence-corrected chi connectivity index (χ0v) is 17.8. The predicted octanol–water partition coefficient (Wildman–Crippen LogP) is 5.58. The maximum absolute atomic E-state index is 13.7. The highest BCUT2D eigenvalue weighted by molar-refractivity contribution is 7.08. The van der Waals surface area contributed by atoms with Crippen LogP contribution in [-0.2, 0) is 4.79 Å². The SMILES string of the molecule is CC[Si](CC)(CC)C(C(C)=O)(C(=O)c1ccccc1)[Si](C)(C)C. The van der Waals surface area contributed by atoms with E-state index in [0.29, 0.717) is 5.56 Å². The second-order valence-electron chi connectivity index (χ2n) is 7.59. The van der Waals surface area contributed by atoms with Gasteiger partial charge in [-0.15, -0.1) is 0 Å². The molecule has 0 saturated carbocycles. The quantitative estimate of drug-likeness (QED) is 0.349. The van der Waals surface area contributed by atoms with Crippen LogP contribution in [-0.4, -0.2) is 27.7 Å². The Kier molecular flexibility index (Phi) is 6.33. The first-order chi connectivity index (χ1) is 10.6. The van der Waals surface area contributed by atoms with E-state index < -0.39 is 20.8 Å². The highest BCUT2D eigenvalue weighted by Crippen LogP contribution is 2.54. The normalized spacial score (nSPS) is 15.1. The van der Waals surface area contributed by atoms with E-state index in [2.05, 4.69) is 40.4 Å². The van der Waals surface area contributed by atoms with Crippen LogP contribution in [0.1, 0.15) is 38.1 Å². The summed E-state index contributed by atoms with van der Waals surface area (Å²) in [6, 6.07) is 12.4. The van der Waals surface area contributed by atoms with Crippen LogP contribution in [0.4, 0.5) is 0 Å². The Morgan fingerprint density at radius 1 is 0.913 bits per heavy atom. The van der Waals surface area contributed by atoms with Crippen LogP contribution in [0.5, 0.6) is 0 Å². The van der Waals surface area contributed by atoms with Gasteiger partial charge in [0.1, 0.15) is 5.78 Å². The van der Waals surface area contributed by atoms with Gasteiger partial charge < -0.3 is 0 Å². The minimum atomic E-state index is -2.08. The van der Waals surface area contributed by atoms with Gasteiger partial charge in [-0.1, -0.05) is 88.9 Å². The predicted molar refractivity (Wildman–Crippen MR) is 105 cm³/mol. The van der Waals surface area contributed by atoms with Crippen LogP contribution in [0.2, 0.25) is 42.4 Å². The van der Waals surface area contributed by atoms with E-state index in [9.17, 15) is 9.59 Å². The van der Waals surface area contributed by atoms with Gasteiger partial charge in [0.25, 0.3) is 0 Å². The maximum Gasteiger partial charge on any atom is 0.170 e. The van der Waals surface area contributed by atoms with E-state index in [1.165, 1.54) is 0 Å². The van der Waals surface area contributed by atoms with Crippen molar-refractivity contribution in [2.24, 2.45) is 0 Å². The Hall–Kier alpha value is -1.01. The van der Waals surface area contributed by atoms with E-state index in [4.69, 9.17) is 0 Å². The molecular formula is C19H32O2Si2. The molecule has 1 aromatic rings. The number of hydrogen-bond donors (Lipinski definition) is 0. The van der Waals surface area contributed by atoms with Crippen molar-refractivity contribution in [2.75, 3.05) is 0 Å². The number of carbonyl (C=O) groups excluding carboxylic acids is 2. The summed E-state index contributed by atoms with van der Waals surface area (Å²) in [5.74, 6) is 0.213. The average molecular weight is 349 g/mol. The van der Waals surface area contributed by atoms with Crippen molar-refractivity contribution in [3.05, 3.63) is 35.9 Å². The molecule has 0 radical (unpaired) electrons. The number of ketones is 2. The molecule has 0 bridgehead atoms. The van der Waals surface area contributed by atoms with Crippen molar-refractivity contribution in [3.63, 3.8) is 0 Å². The lowest BCUT2D eigenvalue weighted by Crippen LogP contribution is -2.65. The van der Waals surface area contributed by atoms with E-state index in [1.807, 2.05) is 30.3 Å². The molecule has 0 aliphatic rings. The maximum atomic E-state index is 13.7. The first kappa shape index (κ1) is 20.0. The number of Topliss-reactive ketones (excluding diaryl/α,β-unsaturated/α-hetero) is 2. The summed E-state index contributed by atoms with van der Waals surface area (Å²) in [6.45, 7) is 14.9. The molecule has 0 spiro atoms. The smallest absolute Gasteiger partial charge is 0.170 e. The molecule has 2 nitrogen and oxygen atoms in total.